The minimum atomic E-state index is 0.212. The highest BCUT2D eigenvalue weighted by Crippen LogP contribution is 2.28. The van der Waals surface area contributed by atoms with Gasteiger partial charge >= 0.3 is 0 Å². The van der Waals surface area contributed by atoms with Crippen molar-refractivity contribution in [2.45, 2.75) is 6.92 Å². The summed E-state index contributed by atoms with van der Waals surface area (Å²) in [4.78, 5) is 4.15. The molecule has 0 aliphatic heterocycles. The van der Waals surface area contributed by atoms with Gasteiger partial charge in [-0.05, 0) is 6.92 Å². The topological polar surface area (TPSA) is 91.2 Å². The van der Waals surface area contributed by atoms with Crippen molar-refractivity contribution in [2.75, 3.05) is 5.73 Å². The van der Waals surface area contributed by atoms with Gasteiger partial charge in [0, 0.05) is 6.07 Å². The van der Waals surface area contributed by atoms with Crippen molar-refractivity contribution in [3.63, 3.8) is 0 Å². The summed E-state index contributed by atoms with van der Waals surface area (Å²) in [5.74, 6) is 1.28. The third-order valence-corrected chi connectivity index (χ3v) is 2.02. The molecule has 3 aromatic heterocycles. The predicted molar refractivity (Wildman–Crippen MR) is 50.9 cm³/mol. The van der Waals surface area contributed by atoms with Crippen LogP contribution in [0.4, 0.5) is 5.88 Å². The van der Waals surface area contributed by atoms with E-state index in [-0.39, 0.29) is 5.88 Å². The van der Waals surface area contributed by atoms with Crippen molar-refractivity contribution in [2.24, 2.45) is 0 Å². The molecule has 6 heteroatoms. The number of anilines is 1. The van der Waals surface area contributed by atoms with Crippen LogP contribution in [-0.4, -0.2) is 10.1 Å². The standard InChI is InChI=1S/C9H7N3O3/c1-4-2-5(12-15-4)9-11-6-3-13-8(10)7(6)14-9/h2-3H,10H2,1H3. The van der Waals surface area contributed by atoms with Crippen LogP contribution in [0.3, 0.4) is 0 Å². The van der Waals surface area contributed by atoms with Gasteiger partial charge in [-0.2, -0.15) is 0 Å². The minimum absolute atomic E-state index is 0.212. The second-order valence-corrected chi connectivity index (χ2v) is 3.16. The van der Waals surface area contributed by atoms with Crippen molar-refractivity contribution in [3.05, 3.63) is 18.1 Å². The molecule has 0 fully saturated rings. The first-order valence-electron chi connectivity index (χ1n) is 4.31. The van der Waals surface area contributed by atoms with Crippen LogP contribution in [0.5, 0.6) is 0 Å². The Morgan fingerprint density at radius 2 is 2.27 bits per heavy atom. The molecule has 0 saturated heterocycles. The Kier molecular flexibility index (Phi) is 1.42. The second-order valence-electron chi connectivity index (χ2n) is 3.16. The van der Waals surface area contributed by atoms with E-state index in [1.807, 2.05) is 0 Å². The van der Waals surface area contributed by atoms with Gasteiger partial charge < -0.3 is 19.1 Å². The summed E-state index contributed by atoms with van der Waals surface area (Å²) in [7, 11) is 0. The zero-order valence-corrected chi connectivity index (χ0v) is 7.85. The lowest BCUT2D eigenvalue weighted by atomic mass is 10.4. The molecule has 0 saturated carbocycles. The molecule has 0 aromatic carbocycles. The van der Waals surface area contributed by atoms with Gasteiger partial charge in [-0.3, -0.25) is 0 Å². The number of oxazole rings is 1. The van der Waals surface area contributed by atoms with Crippen LogP contribution in [-0.2, 0) is 0 Å². The number of hydrogen-bond donors (Lipinski definition) is 1. The molecule has 0 aliphatic carbocycles. The van der Waals surface area contributed by atoms with Crippen molar-refractivity contribution in [3.8, 4) is 11.6 Å². The molecular weight excluding hydrogens is 198 g/mol. The third-order valence-electron chi connectivity index (χ3n) is 2.02. The molecule has 0 amide bonds. The average Bonchev–Trinajstić information content (AvgIpc) is 2.84. The number of nitrogens with two attached hydrogens (primary N) is 1. The number of hydrogen-bond acceptors (Lipinski definition) is 6. The molecular formula is C9H7N3O3. The Morgan fingerprint density at radius 1 is 1.40 bits per heavy atom. The normalized spacial score (nSPS) is 11.3. The summed E-state index contributed by atoms with van der Waals surface area (Å²) >= 11 is 0. The minimum Gasteiger partial charge on any atom is -0.443 e. The van der Waals surface area contributed by atoms with Gasteiger partial charge in [0.1, 0.15) is 12.0 Å². The van der Waals surface area contributed by atoms with Crippen molar-refractivity contribution >= 4 is 17.0 Å². The van der Waals surface area contributed by atoms with Gasteiger partial charge in [0.2, 0.25) is 17.4 Å². The summed E-state index contributed by atoms with van der Waals surface area (Å²) in [6.45, 7) is 1.79. The molecule has 0 radical (unpaired) electrons. The maximum Gasteiger partial charge on any atom is 0.250 e. The van der Waals surface area contributed by atoms with Gasteiger partial charge in [0.05, 0.1) is 0 Å². The van der Waals surface area contributed by atoms with Gasteiger partial charge in [-0.25, -0.2) is 4.98 Å². The van der Waals surface area contributed by atoms with E-state index in [9.17, 15) is 0 Å². The SMILES string of the molecule is Cc1cc(-c2nc3coc(N)c3o2)no1. The smallest absolute Gasteiger partial charge is 0.250 e. The number of furan rings is 1. The van der Waals surface area contributed by atoms with Gasteiger partial charge in [0.15, 0.2) is 11.2 Å². The molecule has 0 bridgehead atoms. The quantitative estimate of drug-likeness (QED) is 0.652. The molecule has 3 heterocycles. The summed E-state index contributed by atoms with van der Waals surface area (Å²) in [6, 6.07) is 1.73. The third kappa shape index (κ3) is 1.11. The summed E-state index contributed by atoms with van der Waals surface area (Å²) in [5, 5.41) is 3.79. The van der Waals surface area contributed by atoms with Crippen LogP contribution in [0, 0.1) is 6.92 Å². The largest absolute Gasteiger partial charge is 0.443 e. The Bertz CT molecular complexity index is 619. The zero-order chi connectivity index (χ0) is 10.4. The highest BCUT2D eigenvalue weighted by atomic mass is 16.5. The number of nitrogen functional groups attached to an aromatic ring is 1. The van der Waals surface area contributed by atoms with Gasteiger partial charge in [0.25, 0.3) is 0 Å². The molecule has 0 unspecified atom stereocenters. The van der Waals surface area contributed by atoms with Crippen LogP contribution >= 0.6 is 0 Å². The molecule has 0 spiro atoms. The van der Waals surface area contributed by atoms with E-state index in [1.54, 1.807) is 13.0 Å². The van der Waals surface area contributed by atoms with E-state index >= 15 is 0 Å². The molecule has 3 aromatic rings. The zero-order valence-electron chi connectivity index (χ0n) is 7.85. The van der Waals surface area contributed by atoms with E-state index < -0.39 is 0 Å². The van der Waals surface area contributed by atoms with E-state index in [1.165, 1.54) is 6.26 Å². The maximum atomic E-state index is 5.53. The van der Waals surface area contributed by atoms with E-state index in [2.05, 4.69) is 10.1 Å². The fourth-order valence-corrected chi connectivity index (χ4v) is 1.34. The number of aromatic nitrogens is 2. The predicted octanol–water partition coefficient (Wildman–Crippen LogP) is 1.97. The van der Waals surface area contributed by atoms with Crippen LogP contribution in [0.15, 0.2) is 25.7 Å². The summed E-state index contributed by atoms with van der Waals surface area (Å²) in [6.07, 6.45) is 1.44. The number of fused-ring (bicyclic) bond motifs is 1. The molecule has 76 valence electrons. The van der Waals surface area contributed by atoms with Crippen LogP contribution in [0.2, 0.25) is 0 Å². The van der Waals surface area contributed by atoms with Gasteiger partial charge in [-0.1, -0.05) is 5.16 Å². The van der Waals surface area contributed by atoms with Crippen LogP contribution in [0.25, 0.3) is 22.7 Å². The maximum absolute atomic E-state index is 5.53. The molecule has 0 atom stereocenters. The number of nitrogens with zero attached hydrogens (tertiary/aromatic N) is 2. The first-order valence-corrected chi connectivity index (χ1v) is 4.31. The fraction of sp³-hybridized carbons (Fsp3) is 0.111. The summed E-state index contributed by atoms with van der Waals surface area (Å²) in [5.41, 5.74) is 7.08. The Balaban J connectivity index is 2.19. The van der Waals surface area contributed by atoms with E-state index in [0.29, 0.717) is 28.4 Å². The van der Waals surface area contributed by atoms with Crippen LogP contribution < -0.4 is 5.73 Å². The Labute approximate surface area is 83.6 Å². The molecule has 6 nitrogen and oxygen atoms in total. The Morgan fingerprint density at radius 3 is 2.93 bits per heavy atom. The Hall–Kier alpha value is -2.24. The van der Waals surface area contributed by atoms with Crippen LogP contribution in [0.1, 0.15) is 5.76 Å². The first kappa shape index (κ1) is 8.10. The van der Waals surface area contributed by atoms with E-state index in [4.69, 9.17) is 19.1 Å². The average molecular weight is 205 g/mol. The second kappa shape index (κ2) is 2.63. The number of rotatable bonds is 1. The lowest BCUT2D eigenvalue weighted by Crippen LogP contribution is -1.78. The first-order chi connectivity index (χ1) is 7.24. The molecule has 2 N–H and O–H groups in total. The lowest BCUT2D eigenvalue weighted by molar-refractivity contribution is 0.397. The van der Waals surface area contributed by atoms with Crippen molar-refractivity contribution in [1.82, 2.24) is 10.1 Å². The highest BCUT2D eigenvalue weighted by Gasteiger charge is 2.15. The monoisotopic (exact) mass is 205 g/mol. The summed E-state index contributed by atoms with van der Waals surface area (Å²) < 4.78 is 15.2. The fourth-order valence-electron chi connectivity index (χ4n) is 1.34. The highest BCUT2D eigenvalue weighted by molar-refractivity contribution is 5.83. The number of aryl methyl sites for hydroxylation is 1. The van der Waals surface area contributed by atoms with Crippen molar-refractivity contribution in [1.29, 1.82) is 0 Å². The molecule has 0 aliphatic rings. The molecule has 15 heavy (non-hydrogen) atoms. The van der Waals surface area contributed by atoms with Gasteiger partial charge in [-0.15, -0.1) is 0 Å². The van der Waals surface area contributed by atoms with E-state index in [0.717, 1.165) is 0 Å². The lowest BCUT2D eigenvalue weighted by Gasteiger charge is -1.84. The molecule has 3 rings (SSSR count). The van der Waals surface area contributed by atoms with Crippen molar-refractivity contribution < 1.29 is 13.4 Å².